The predicted octanol–water partition coefficient (Wildman–Crippen LogP) is 3.51. The van der Waals surface area contributed by atoms with Crippen molar-refractivity contribution in [2.24, 2.45) is 4.99 Å². The van der Waals surface area contributed by atoms with E-state index in [0.717, 1.165) is 15.7 Å². The molecule has 0 unspecified atom stereocenters. The van der Waals surface area contributed by atoms with Crippen LogP contribution in [0.5, 0.6) is 0 Å². The molecule has 2 N–H and O–H groups in total. The van der Waals surface area contributed by atoms with Crippen LogP contribution in [0, 0.1) is 0 Å². The molecule has 0 aliphatic rings. The fourth-order valence-corrected chi connectivity index (χ4v) is 2.67. The molecule has 1 heterocycles. The molecule has 0 aliphatic heterocycles. The second-order valence-electron chi connectivity index (χ2n) is 7.96. The number of benzene rings is 1. The van der Waals surface area contributed by atoms with E-state index >= 15 is 0 Å². The zero-order valence-corrected chi connectivity index (χ0v) is 18.5. The zero-order chi connectivity index (χ0) is 23.0. The maximum absolute atomic E-state index is 12.9. The molecule has 170 valence electrons. The predicted molar refractivity (Wildman–Crippen MR) is 115 cm³/mol. The average molecular weight is 437 g/mol. The molecule has 2 rings (SSSR count). The second kappa shape index (κ2) is 10.7. The first-order valence-corrected chi connectivity index (χ1v) is 9.85. The fourth-order valence-electron chi connectivity index (χ4n) is 2.67. The molecule has 10 heteroatoms. The quantitative estimate of drug-likeness (QED) is 0.513. The smallest absolute Gasteiger partial charge is 0.410 e. The number of carbonyl (C=O) groups excluding carboxylic acids is 1. The van der Waals surface area contributed by atoms with E-state index in [2.05, 4.69) is 20.6 Å². The first-order valence-electron chi connectivity index (χ1n) is 9.85. The highest BCUT2D eigenvalue weighted by Gasteiger charge is 2.19. The van der Waals surface area contributed by atoms with Crippen molar-refractivity contribution < 1.29 is 18.3 Å². The van der Waals surface area contributed by atoms with Gasteiger partial charge in [0, 0.05) is 39.6 Å². The Morgan fingerprint density at radius 2 is 1.81 bits per heavy atom. The number of halogens is 2. The van der Waals surface area contributed by atoms with Gasteiger partial charge in [0.1, 0.15) is 11.4 Å². The van der Waals surface area contributed by atoms with E-state index in [-0.39, 0.29) is 18.5 Å². The fraction of sp³-hybridized carbons (Fsp3) is 0.476. The van der Waals surface area contributed by atoms with Gasteiger partial charge in [0.25, 0.3) is 0 Å². The Morgan fingerprint density at radius 1 is 1.19 bits per heavy atom. The van der Waals surface area contributed by atoms with E-state index in [1.54, 1.807) is 14.1 Å². The van der Waals surface area contributed by atoms with Gasteiger partial charge in [0.2, 0.25) is 0 Å². The van der Waals surface area contributed by atoms with Crippen molar-refractivity contribution in [2.75, 3.05) is 14.1 Å². The lowest BCUT2D eigenvalue weighted by atomic mass is 10.1. The van der Waals surface area contributed by atoms with Gasteiger partial charge >= 0.3 is 12.6 Å². The number of aliphatic imine (C=N–C) groups is 1. The van der Waals surface area contributed by atoms with E-state index in [4.69, 9.17) is 4.74 Å². The standard InChI is InChI=1S/C21H30F2N6O2/c1-21(2,3)31-20(30)28(5)14-16-8-6-15(7-9-16)12-26-19(24-4)27-13-17-25-10-11-29(17)18(22)23/h6-11,18H,12-14H2,1-5H3,(H2,24,26,27). The van der Waals surface area contributed by atoms with Crippen molar-refractivity contribution in [1.29, 1.82) is 0 Å². The summed E-state index contributed by atoms with van der Waals surface area (Å²) in [5.41, 5.74) is 1.44. The number of ether oxygens (including phenoxy) is 1. The number of hydrogen-bond donors (Lipinski definition) is 2. The molecule has 31 heavy (non-hydrogen) atoms. The zero-order valence-electron chi connectivity index (χ0n) is 18.5. The van der Waals surface area contributed by atoms with E-state index in [1.165, 1.54) is 17.3 Å². The molecule has 8 nitrogen and oxygen atoms in total. The van der Waals surface area contributed by atoms with Gasteiger partial charge in [-0.3, -0.25) is 9.56 Å². The van der Waals surface area contributed by atoms with Crippen LogP contribution < -0.4 is 10.6 Å². The summed E-state index contributed by atoms with van der Waals surface area (Å²) < 4.78 is 31.9. The summed E-state index contributed by atoms with van der Waals surface area (Å²) in [6, 6.07) is 7.77. The number of aromatic nitrogens is 2. The van der Waals surface area contributed by atoms with Gasteiger partial charge in [-0.25, -0.2) is 9.78 Å². The molecule has 0 saturated carbocycles. The van der Waals surface area contributed by atoms with Gasteiger partial charge in [0.15, 0.2) is 5.96 Å². The maximum Gasteiger partial charge on any atom is 0.410 e. The first kappa shape index (κ1) is 24.1. The summed E-state index contributed by atoms with van der Waals surface area (Å²) in [5.74, 6) is 0.689. The van der Waals surface area contributed by atoms with Crippen molar-refractivity contribution in [3.05, 3.63) is 53.6 Å². The summed E-state index contributed by atoms with van der Waals surface area (Å²) in [7, 11) is 3.29. The summed E-state index contributed by atoms with van der Waals surface area (Å²) in [6.07, 6.45) is 2.20. The molecule has 1 amide bonds. The molecule has 0 atom stereocenters. The molecule has 2 aromatic rings. The Hall–Kier alpha value is -3.17. The summed E-state index contributed by atoms with van der Waals surface area (Å²) in [5, 5.41) is 6.10. The van der Waals surface area contributed by atoms with Crippen LogP contribution in [0.1, 0.15) is 44.3 Å². The van der Waals surface area contributed by atoms with E-state index < -0.39 is 12.2 Å². The minimum absolute atomic E-state index is 0.118. The van der Waals surface area contributed by atoms with Crippen LogP contribution in [-0.4, -0.2) is 46.2 Å². The van der Waals surface area contributed by atoms with Crippen LogP contribution in [0.4, 0.5) is 13.6 Å². The summed E-state index contributed by atoms with van der Waals surface area (Å²) >= 11 is 0. The lowest BCUT2D eigenvalue weighted by Gasteiger charge is -2.24. The van der Waals surface area contributed by atoms with E-state index in [1.807, 2.05) is 45.0 Å². The van der Waals surface area contributed by atoms with Crippen molar-refractivity contribution >= 4 is 12.1 Å². The van der Waals surface area contributed by atoms with Crippen LogP contribution in [0.25, 0.3) is 0 Å². The molecule has 1 aromatic heterocycles. The maximum atomic E-state index is 12.9. The minimum Gasteiger partial charge on any atom is -0.444 e. The molecular formula is C21H30F2N6O2. The highest BCUT2D eigenvalue weighted by atomic mass is 19.3. The highest BCUT2D eigenvalue weighted by molar-refractivity contribution is 5.79. The van der Waals surface area contributed by atoms with Crippen molar-refractivity contribution in [1.82, 2.24) is 25.1 Å². The molecule has 0 bridgehead atoms. The van der Waals surface area contributed by atoms with Gasteiger partial charge in [0.05, 0.1) is 6.54 Å². The number of rotatable bonds is 7. The van der Waals surface area contributed by atoms with Crippen LogP contribution >= 0.6 is 0 Å². The van der Waals surface area contributed by atoms with Crippen LogP contribution in [-0.2, 0) is 24.4 Å². The number of imidazole rings is 1. The van der Waals surface area contributed by atoms with Crippen LogP contribution in [0.15, 0.2) is 41.7 Å². The molecule has 0 radical (unpaired) electrons. The Labute approximate surface area is 181 Å². The summed E-state index contributed by atoms with van der Waals surface area (Å²) in [4.78, 5) is 21.6. The van der Waals surface area contributed by atoms with Crippen molar-refractivity contribution in [3.63, 3.8) is 0 Å². The topological polar surface area (TPSA) is 83.8 Å². The monoisotopic (exact) mass is 436 g/mol. The van der Waals surface area contributed by atoms with Gasteiger partial charge < -0.3 is 20.3 Å². The SMILES string of the molecule is CN=C(NCc1ccc(CN(C)C(=O)OC(C)(C)C)cc1)NCc1nccn1C(F)F. The minimum atomic E-state index is -2.64. The van der Waals surface area contributed by atoms with Crippen molar-refractivity contribution in [2.45, 2.75) is 52.6 Å². The highest BCUT2D eigenvalue weighted by Crippen LogP contribution is 2.13. The van der Waals surface area contributed by atoms with E-state index in [9.17, 15) is 13.6 Å². The number of alkyl halides is 2. The Bertz CT molecular complexity index is 875. The Balaban J connectivity index is 1.83. The lowest BCUT2D eigenvalue weighted by Crippen LogP contribution is -2.37. The van der Waals surface area contributed by atoms with Crippen LogP contribution in [0.3, 0.4) is 0 Å². The number of hydrogen-bond acceptors (Lipinski definition) is 4. The number of carbonyl (C=O) groups is 1. The molecule has 0 aliphatic carbocycles. The number of nitrogens with zero attached hydrogens (tertiary/aromatic N) is 4. The second-order valence-corrected chi connectivity index (χ2v) is 7.96. The molecule has 0 spiro atoms. The number of guanidine groups is 1. The average Bonchev–Trinajstić information content (AvgIpc) is 3.17. The van der Waals surface area contributed by atoms with Gasteiger partial charge in [-0.05, 0) is 31.9 Å². The van der Waals surface area contributed by atoms with Gasteiger partial charge in [-0.1, -0.05) is 24.3 Å². The largest absolute Gasteiger partial charge is 0.444 e. The van der Waals surface area contributed by atoms with Crippen LogP contribution in [0.2, 0.25) is 0 Å². The third kappa shape index (κ3) is 7.88. The third-order valence-electron chi connectivity index (χ3n) is 4.20. The molecule has 1 aromatic carbocycles. The first-order chi connectivity index (χ1) is 14.6. The Morgan fingerprint density at radius 3 is 2.39 bits per heavy atom. The van der Waals surface area contributed by atoms with E-state index in [0.29, 0.717) is 19.0 Å². The molecule has 0 saturated heterocycles. The van der Waals surface area contributed by atoms with Crippen molar-refractivity contribution in [3.8, 4) is 0 Å². The van der Waals surface area contributed by atoms with Gasteiger partial charge in [-0.2, -0.15) is 8.78 Å². The lowest BCUT2D eigenvalue weighted by molar-refractivity contribution is 0.0285. The number of nitrogens with one attached hydrogen (secondary N) is 2. The Kier molecular flexibility index (Phi) is 8.35. The molecular weight excluding hydrogens is 406 g/mol. The molecule has 0 fully saturated rings. The third-order valence-corrected chi connectivity index (χ3v) is 4.20. The summed E-state index contributed by atoms with van der Waals surface area (Å²) in [6.45, 7) is 3.89. The number of amides is 1. The normalized spacial score (nSPS) is 12.1. The van der Waals surface area contributed by atoms with Gasteiger partial charge in [-0.15, -0.1) is 0 Å².